The summed E-state index contributed by atoms with van der Waals surface area (Å²) < 4.78 is 11.8. The van der Waals surface area contributed by atoms with E-state index in [0.717, 1.165) is 34.2 Å². The summed E-state index contributed by atoms with van der Waals surface area (Å²) in [4.78, 5) is 32.2. The van der Waals surface area contributed by atoms with Gasteiger partial charge in [0, 0.05) is 30.5 Å². The Balaban J connectivity index is 1.33. The lowest BCUT2D eigenvalue weighted by Crippen LogP contribution is -2.36. The predicted octanol–water partition coefficient (Wildman–Crippen LogP) is 3.14. The van der Waals surface area contributed by atoms with E-state index in [1.165, 1.54) is 6.26 Å². The first-order valence-corrected chi connectivity index (χ1v) is 10.3. The molecule has 1 amide bonds. The first-order valence-electron chi connectivity index (χ1n) is 9.45. The zero-order chi connectivity index (χ0) is 20.5. The number of aromatic nitrogens is 4. The number of anilines is 2. The third-order valence-electron chi connectivity index (χ3n) is 4.66. The van der Waals surface area contributed by atoms with E-state index in [0.29, 0.717) is 30.4 Å². The lowest BCUT2D eigenvalue weighted by atomic mass is 10.2. The van der Waals surface area contributed by atoms with Gasteiger partial charge >= 0.3 is 0 Å². The lowest BCUT2D eigenvalue weighted by molar-refractivity contribution is 0.102. The van der Waals surface area contributed by atoms with Gasteiger partial charge in [0.1, 0.15) is 6.26 Å². The summed E-state index contributed by atoms with van der Waals surface area (Å²) in [6.07, 6.45) is 4.61. The Kier molecular flexibility index (Phi) is 4.85. The van der Waals surface area contributed by atoms with Gasteiger partial charge in [-0.3, -0.25) is 9.78 Å². The van der Waals surface area contributed by atoms with Crippen molar-refractivity contribution < 1.29 is 13.9 Å². The van der Waals surface area contributed by atoms with Crippen LogP contribution >= 0.6 is 11.3 Å². The zero-order valence-corrected chi connectivity index (χ0v) is 17.0. The van der Waals surface area contributed by atoms with Crippen LogP contribution in [0.15, 0.2) is 41.3 Å². The minimum atomic E-state index is -0.366. The smallest absolute Gasteiger partial charge is 0.277 e. The number of aryl methyl sites for hydroxylation is 1. The van der Waals surface area contributed by atoms with Gasteiger partial charge in [-0.25, -0.2) is 9.97 Å². The van der Waals surface area contributed by atoms with E-state index < -0.39 is 0 Å². The number of morpholine rings is 1. The second kappa shape index (κ2) is 7.81. The van der Waals surface area contributed by atoms with Crippen LogP contribution in [0.5, 0.6) is 0 Å². The lowest BCUT2D eigenvalue weighted by Gasteiger charge is -2.25. The van der Waals surface area contributed by atoms with Crippen molar-refractivity contribution >= 4 is 38.4 Å². The third kappa shape index (κ3) is 3.74. The van der Waals surface area contributed by atoms with Gasteiger partial charge in [-0.15, -0.1) is 0 Å². The number of hydrogen-bond donors (Lipinski definition) is 1. The second-order valence-electron chi connectivity index (χ2n) is 6.82. The molecule has 0 unspecified atom stereocenters. The van der Waals surface area contributed by atoms with Crippen LogP contribution in [-0.2, 0) is 4.74 Å². The van der Waals surface area contributed by atoms with E-state index in [-0.39, 0.29) is 11.6 Å². The Labute approximate surface area is 175 Å². The molecule has 152 valence electrons. The highest BCUT2D eigenvalue weighted by Crippen LogP contribution is 2.30. The Morgan fingerprint density at radius 3 is 2.90 bits per heavy atom. The fourth-order valence-electron chi connectivity index (χ4n) is 3.15. The van der Waals surface area contributed by atoms with E-state index in [9.17, 15) is 4.79 Å². The first-order chi connectivity index (χ1) is 14.7. The Morgan fingerprint density at radius 1 is 1.20 bits per heavy atom. The van der Waals surface area contributed by atoms with Crippen LogP contribution in [0.3, 0.4) is 0 Å². The van der Waals surface area contributed by atoms with Crippen LogP contribution < -0.4 is 10.2 Å². The van der Waals surface area contributed by atoms with Gasteiger partial charge in [0.15, 0.2) is 16.5 Å². The van der Waals surface area contributed by atoms with Gasteiger partial charge in [-0.05, 0) is 25.1 Å². The van der Waals surface area contributed by atoms with Gasteiger partial charge in [0.25, 0.3) is 5.91 Å². The molecule has 1 fully saturated rings. The third-order valence-corrected chi connectivity index (χ3v) is 5.71. The molecular weight excluding hydrogens is 404 g/mol. The molecule has 1 aliphatic rings. The number of carbonyl (C=O) groups is 1. The zero-order valence-electron chi connectivity index (χ0n) is 16.2. The highest BCUT2D eigenvalue weighted by Gasteiger charge is 2.18. The first kappa shape index (κ1) is 18.6. The van der Waals surface area contributed by atoms with Gasteiger partial charge in [-0.2, -0.15) is 4.98 Å². The van der Waals surface area contributed by atoms with E-state index in [4.69, 9.17) is 9.15 Å². The van der Waals surface area contributed by atoms with Crippen LogP contribution in [-0.4, -0.2) is 52.1 Å². The molecule has 30 heavy (non-hydrogen) atoms. The van der Waals surface area contributed by atoms with Crippen LogP contribution in [0.25, 0.3) is 21.8 Å². The van der Waals surface area contributed by atoms with Gasteiger partial charge in [0.05, 0.1) is 29.8 Å². The predicted molar refractivity (Wildman–Crippen MR) is 113 cm³/mol. The fraction of sp³-hybridized carbons (Fsp3) is 0.250. The summed E-state index contributed by atoms with van der Waals surface area (Å²) in [6.45, 7) is 4.91. The molecule has 0 spiro atoms. The van der Waals surface area contributed by atoms with Crippen LogP contribution in [0, 0.1) is 6.92 Å². The molecule has 4 aromatic rings. The molecule has 1 N–H and O–H groups in total. The molecule has 4 aromatic heterocycles. The molecule has 5 rings (SSSR count). The van der Waals surface area contributed by atoms with Crippen molar-refractivity contribution in [1.82, 2.24) is 19.9 Å². The molecule has 0 saturated carbocycles. The number of fused-ring (bicyclic) bond motifs is 1. The van der Waals surface area contributed by atoms with Crippen molar-refractivity contribution in [2.24, 2.45) is 0 Å². The summed E-state index contributed by atoms with van der Waals surface area (Å²) in [7, 11) is 0. The summed E-state index contributed by atoms with van der Waals surface area (Å²) in [5.41, 5.74) is 3.05. The molecular formula is C20H18N6O3S. The van der Waals surface area contributed by atoms with E-state index in [1.54, 1.807) is 29.8 Å². The molecule has 0 aromatic carbocycles. The number of rotatable bonds is 4. The van der Waals surface area contributed by atoms with Crippen LogP contribution in [0.2, 0.25) is 0 Å². The molecule has 10 heteroatoms. The van der Waals surface area contributed by atoms with E-state index >= 15 is 0 Å². The summed E-state index contributed by atoms with van der Waals surface area (Å²) in [5, 5.41) is 3.74. The van der Waals surface area contributed by atoms with Crippen molar-refractivity contribution in [1.29, 1.82) is 0 Å². The van der Waals surface area contributed by atoms with Gasteiger partial charge in [0.2, 0.25) is 5.89 Å². The van der Waals surface area contributed by atoms with Crippen LogP contribution in [0.1, 0.15) is 16.2 Å². The van der Waals surface area contributed by atoms with Gasteiger partial charge < -0.3 is 19.4 Å². The maximum absolute atomic E-state index is 12.6. The number of nitrogens with one attached hydrogen (secondary N) is 1. The number of carbonyl (C=O) groups excluding carboxylic acids is 1. The number of nitrogens with zero attached hydrogens (tertiary/aromatic N) is 5. The van der Waals surface area contributed by atoms with Crippen molar-refractivity contribution in [3.63, 3.8) is 0 Å². The van der Waals surface area contributed by atoms with Crippen molar-refractivity contribution in [3.8, 4) is 11.5 Å². The number of thiazole rings is 1. The van der Waals surface area contributed by atoms with Crippen molar-refractivity contribution in [3.05, 3.63) is 48.2 Å². The number of hydrogen-bond acceptors (Lipinski definition) is 9. The van der Waals surface area contributed by atoms with Crippen LogP contribution in [0.4, 0.5) is 10.8 Å². The second-order valence-corrected chi connectivity index (χ2v) is 7.83. The van der Waals surface area contributed by atoms with Gasteiger partial charge in [-0.1, -0.05) is 11.3 Å². The number of pyridine rings is 2. The number of amides is 1. The van der Waals surface area contributed by atoms with E-state index in [2.05, 4.69) is 30.2 Å². The van der Waals surface area contributed by atoms with E-state index in [1.807, 2.05) is 19.1 Å². The Bertz CT molecular complexity index is 1210. The summed E-state index contributed by atoms with van der Waals surface area (Å²) in [6, 6.07) is 5.50. The fourth-order valence-corrected chi connectivity index (χ4v) is 4.17. The maximum atomic E-state index is 12.6. The Morgan fingerprint density at radius 2 is 2.07 bits per heavy atom. The van der Waals surface area contributed by atoms with Crippen molar-refractivity contribution in [2.75, 3.05) is 36.5 Å². The molecule has 5 heterocycles. The Hall–Kier alpha value is -3.37. The molecule has 0 atom stereocenters. The minimum Gasteiger partial charge on any atom is -0.444 e. The molecule has 0 radical (unpaired) electrons. The number of ether oxygens (including phenoxy) is 1. The average molecular weight is 422 g/mol. The highest BCUT2D eigenvalue weighted by atomic mass is 32.1. The standard InChI is InChI=1S/C20H18N6O3S/c1-12-8-13(2-3-21-12)19-24-15(11-29-19)18(27)23-14-9-16-17(22-10-14)25-20(30-16)26-4-6-28-7-5-26/h2-3,8-11H,4-7H2,1H3,(H,23,27). The molecule has 0 aliphatic carbocycles. The summed E-state index contributed by atoms with van der Waals surface area (Å²) in [5.74, 6) is 0.00619. The molecule has 9 nitrogen and oxygen atoms in total. The minimum absolute atomic E-state index is 0.192. The molecule has 1 aliphatic heterocycles. The maximum Gasteiger partial charge on any atom is 0.277 e. The normalized spacial score (nSPS) is 14.2. The topological polar surface area (TPSA) is 106 Å². The summed E-state index contributed by atoms with van der Waals surface area (Å²) >= 11 is 1.55. The SMILES string of the molecule is Cc1cc(-c2nc(C(=O)Nc3cnc4nc(N5CCOCC5)sc4c3)co2)ccn1. The largest absolute Gasteiger partial charge is 0.444 e. The molecule has 1 saturated heterocycles. The quantitative estimate of drug-likeness (QED) is 0.535. The highest BCUT2D eigenvalue weighted by molar-refractivity contribution is 7.22. The molecule has 0 bridgehead atoms. The average Bonchev–Trinajstić information content (AvgIpc) is 3.42. The van der Waals surface area contributed by atoms with Crippen molar-refractivity contribution in [2.45, 2.75) is 6.92 Å². The monoisotopic (exact) mass is 422 g/mol. The number of oxazole rings is 1.